The Morgan fingerprint density at radius 1 is 1.15 bits per heavy atom. The van der Waals surface area contributed by atoms with Crippen LogP contribution in [0.5, 0.6) is 0 Å². The van der Waals surface area contributed by atoms with Crippen LogP contribution in [0.15, 0.2) is 9.24 Å². The molecule has 0 fully saturated rings. The summed E-state index contributed by atoms with van der Waals surface area (Å²) in [5.74, 6) is -7.15. The topological polar surface area (TPSA) is 67.8 Å². The third-order valence-corrected chi connectivity index (χ3v) is 3.79. The smallest absolute Gasteiger partial charge is 0.252 e. The van der Waals surface area contributed by atoms with Crippen LogP contribution in [-0.2, 0) is 4.79 Å². The molecule has 0 saturated carbocycles. The minimum Gasteiger partial charge on any atom is -0.301 e. The van der Waals surface area contributed by atoms with E-state index in [0.717, 1.165) is 11.3 Å². The van der Waals surface area contributed by atoms with Crippen LogP contribution in [-0.4, -0.2) is 21.1 Å². The predicted molar refractivity (Wildman–Crippen MR) is 62.4 cm³/mol. The summed E-state index contributed by atoms with van der Waals surface area (Å²) in [5, 5.41) is 9.45. The number of nitrogens with one attached hydrogen (secondary N) is 1. The molecule has 0 radical (unpaired) electrons. The molecule has 0 atom stereocenters. The number of hydrogen-bond acceptors (Lipinski definition) is 6. The highest BCUT2D eigenvalue weighted by Gasteiger charge is 2.23. The first-order valence-electron chi connectivity index (χ1n) is 4.87. The number of carbonyl (C=O) groups is 1. The Hall–Kier alpha value is -1.75. The van der Waals surface area contributed by atoms with Gasteiger partial charge in [-0.25, -0.2) is 8.78 Å². The molecule has 2 rings (SSSR count). The van der Waals surface area contributed by atoms with Crippen molar-refractivity contribution >= 4 is 34.1 Å². The van der Waals surface area contributed by atoms with E-state index < -0.39 is 34.3 Å². The van der Waals surface area contributed by atoms with Gasteiger partial charge in [-0.15, -0.1) is 10.2 Å². The maximum Gasteiger partial charge on any atom is 0.252 e. The normalized spacial score (nSPS) is 10.7. The number of pyridine rings is 1. The lowest BCUT2D eigenvalue weighted by Gasteiger charge is -2.02. The highest BCUT2D eigenvalue weighted by molar-refractivity contribution is 8.01. The molecule has 0 aliphatic carbocycles. The monoisotopic (exact) mass is 324 g/mol. The van der Waals surface area contributed by atoms with Crippen molar-refractivity contribution in [1.29, 1.82) is 0 Å². The lowest BCUT2D eigenvalue weighted by atomic mass is 10.4. The van der Waals surface area contributed by atoms with E-state index in [4.69, 9.17) is 0 Å². The van der Waals surface area contributed by atoms with Crippen LogP contribution in [0.3, 0.4) is 0 Å². The van der Waals surface area contributed by atoms with Gasteiger partial charge in [0.1, 0.15) is 0 Å². The number of hydrogen-bond donors (Lipinski definition) is 1. The third kappa shape index (κ3) is 3.04. The fourth-order valence-corrected chi connectivity index (χ4v) is 2.88. The number of rotatable bonds is 3. The summed E-state index contributed by atoms with van der Waals surface area (Å²) in [6, 6.07) is 0. The lowest BCUT2D eigenvalue weighted by Crippen LogP contribution is -2.04. The fraction of sp³-hybridized carbons (Fsp3) is 0.111. The summed E-state index contributed by atoms with van der Waals surface area (Å²) >= 11 is 1.14. The van der Waals surface area contributed by atoms with Gasteiger partial charge in [0.15, 0.2) is 16.0 Å². The minimum absolute atomic E-state index is 0.00319. The Kier molecular flexibility index (Phi) is 4.18. The van der Waals surface area contributed by atoms with Crippen molar-refractivity contribution in [2.75, 3.05) is 5.32 Å². The van der Waals surface area contributed by atoms with E-state index in [2.05, 4.69) is 20.5 Å². The molecule has 0 aromatic carbocycles. The molecule has 0 aliphatic rings. The molecule has 1 N–H and O–H groups in total. The molecule has 0 aliphatic heterocycles. The number of aromatic nitrogens is 3. The van der Waals surface area contributed by atoms with Crippen LogP contribution < -0.4 is 5.32 Å². The van der Waals surface area contributed by atoms with Crippen molar-refractivity contribution in [3.63, 3.8) is 0 Å². The zero-order valence-electron chi connectivity index (χ0n) is 9.58. The van der Waals surface area contributed by atoms with Crippen molar-refractivity contribution in [2.45, 2.75) is 16.2 Å². The van der Waals surface area contributed by atoms with Crippen molar-refractivity contribution in [3.05, 3.63) is 23.5 Å². The molecular weight excluding hydrogens is 320 g/mol. The first-order valence-corrected chi connectivity index (χ1v) is 6.50. The van der Waals surface area contributed by atoms with Crippen LogP contribution in [0, 0.1) is 23.5 Å². The van der Waals surface area contributed by atoms with E-state index >= 15 is 0 Å². The summed E-state index contributed by atoms with van der Waals surface area (Å²) < 4.78 is 52.5. The zero-order valence-corrected chi connectivity index (χ0v) is 11.2. The minimum atomic E-state index is -1.75. The predicted octanol–water partition coefficient (Wildman–Crippen LogP) is 2.60. The number of halogens is 4. The summed E-state index contributed by atoms with van der Waals surface area (Å²) in [6.07, 6.45) is 0. The van der Waals surface area contributed by atoms with E-state index in [-0.39, 0.29) is 9.47 Å². The standard InChI is InChI=1S/C9H4F4N4OS2/c1-2(18)14-8-16-17-9(20-8)19-5-3(10)6(12)15-7(13)4(5)11/h1H3,(H,14,16,18). The molecule has 0 spiro atoms. The SMILES string of the molecule is CC(=O)Nc1nnc(Sc2c(F)c(F)nc(F)c2F)s1. The van der Waals surface area contributed by atoms with E-state index in [1.54, 1.807) is 0 Å². The summed E-state index contributed by atoms with van der Waals surface area (Å²) in [5.41, 5.74) is 0. The van der Waals surface area contributed by atoms with Crippen molar-refractivity contribution in [1.82, 2.24) is 15.2 Å². The second-order valence-corrected chi connectivity index (χ2v) is 5.54. The summed E-state index contributed by atoms with van der Waals surface area (Å²) in [4.78, 5) is 12.3. The van der Waals surface area contributed by atoms with Crippen LogP contribution in [0.25, 0.3) is 0 Å². The van der Waals surface area contributed by atoms with Gasteiger partial charge in [0, 0.05) is 6.92 Å². The zero-order chi connectivity index (χ0) is 14.9. The average molecular weight is 324 g/mol. The molecule has 0 unspecified atom stereocenters. The Morgan fingerprint density at radius 3 is 2.30 bits per heavy atom. The Balaban J connectivity index is 2.30. The Morgan fingerprint density at radius 2 is 1.75 bits per heavy atom. The van der Waals surface area contributed by atoms with Gasteiger partial charge in [0.25, 0.3) is 11.9 Å². The highest BCUT2D eigenvalue weighted by Crippen LogP contribution is 2.35. The molecule has 1 amide bonds. The molecule has 106 valence electrons. The Labute approximate surface area is 117 Å². The van der Waals surface area contributed by atoms with Crippen LogP contribution in [0.4, 0.5) is 22.7 Å². The van der Waals surface area contributed by atoms with E-state index in [9.17, 15) is 22.4 Å². The van der Waals surface area contributed by atoms with Crippen molar-refractivity contribution < 1.29 is 22.4 Å². The second-order valence-electron chi connectivity index (χ2n) is 3.31. The lowest BCUT2D eigenvalue weighted by molar-refractivity contribution is -0.114. The van der Waals surface area contributed by atoms with Gasteiger partial charge in [-0.3, -0.25) is 4.79 Å². The molecule has 11 heteroatoms. The summed E-state index contributed by atoms with van der Waals surface area (Å²) in [6.45, 7) is 1.24. The molecular formula is C9H4F4N4OS2. The molecule has 2 aromatic heterocycles. The molecule has 0 bridgehead atoms. The quantitative estimate of drug-likeness (QED) is 0.534. The summed E-state index contributed by atoms with van der Waals surface area (Å²) in [7, 11) is 0. The van der Waals surface area contributed by atoms with Crippen LogP contribution in [0.2, 0.25) is 0 Å². The van der Waals surface area contributed by atoms with Gasteiger partial charge in [-0.1, -0.05) is 23.1 Å². The largest absolute Gasteiger partial charge is 0.301 e. The average Bonchev–Trinajstić information content (AvgIpc) is 2.79. The van der Waals surface area contributed by atoms with E-state index in [1.165, 1.54) is 6.92 Å². The molecule has 2 heterocycles. The van der Waals surface area contributed by atoms with Gasteiger partial charge in [0.05, 0.1) is 4.90 Å². The van der Waals surface area contributed by atoms with Gasteiger partial charge < -0.3 is 5.32 Å². The first kappa shape index (κ1) is 14.7. The van der Waals surface area contributed by atoms with Crippen molar-refractivity contribution in [2.24, 2.45) is 0 Å². The van der Waals surface area contributed by atoms with Gasteiger partial charge >= 0.3 is 0 Å². The number of anilines is 1. The molecule has 20 heavy (non-hydrogen) atoms. The van der Waals surface area contributed by atoms with Crippen LogP contribution >= 0.6 is 23.1 Å². The number of nitrogens with zero attached hydrogens (tertiary/aromatic N) is 3. The van der Waals surface area contributed by atoms with E-state index in [0.29, 0.717) is 11.8 Å². The highest BCUT2D eigenvalue weighted by atomic mass is 32.2. The third-order valence-electron chi connectivity index (χ3n) is 1.84. The maximum absolute atomic E-state index is 13.4. The number of carbonyl (C=O) groups excluding carboxylic acids is 1. The van der Waals surface area contributed by atoms with Gasteiger partial charge in [-0.05, 0) is 0 Å². The fourth-order valence-electron chi connectivity index (χ4n) is 1.10. The molecule has 2 aromatic rings. The first-order chi connectivity index (χ1) is 9.38. The van der Waals surface area contributed by atoms with Gasteiger partial charge in [-0.2, -0.15) is 13.8 Å². The van der Waals surface area contributed by atoms with Gasteiger partial charge in [0.2, 0.25) is 11.0 Å². The number of amides is 1. The van der Waals surface area contributed by atoms with Crippen molar-refractivity contribution in [3.8, 4) is 0 Å². The second kappa shape index (κ2) is 5.71. The Bertz CT molecular complexity index is 652. The molecule has 0 saturated heterocycles. The molecule has 5 nitrogen and oxygen atoms in total. The van der Waals surface area contributed by atoms with Crippen LogP contribution in [0.1, 0.15) is 6.92 Å². The van der Waals surface area contributed by atoms with E-state index in [1.807, 2.05) is 0 Å². The maximum atomic E-state index is 13.4.